The Bertz CT molecular complexity index is 324. The van der Waals surface area contributed by atoms with Gasteiger partial charge in [-0.1, -0.05) is 18.2 Å². The second-order valence-corrected chi connectivity index (χ2v) is 3.51. The van der Waals surface area contributed by atoms with Crippen LogP contribution in [0, 0.1) is 0 Å². The summed E-state index contributed by atoms with van der Waals surface area (Å²) in [6, 6.07) is 9.19. The average molecular weight is 249 g/mol. The van der Waals surface area contributed by atoms with Crippen LogP contribution in [0.4, 0.5) is 8.78 Å². The van der Waals surface area contributed by atoms with Crippen molar-refractivity contribution in [1.82, 2.24) is 4.72 Å². The zero-order valence-corrected chi connectivity index (χ0v) is 8.88. The van der Waals surface area contributed by atoms with E-state index in [1.807, 2.05) is 30.3 Å². The Morgan fingerprint density at radius 1 is 1.38 bits per heavy atom. The van der Waals surface area contributed by atoms with E-state index in [4.69, 9.17) is 0 Å². The van der Waals surface area contributed by atoms with Crippen molar-refractivity contribution in [3.8, 4) is 0 Å². The van der Waals surface area contributed by atoms with Gasteiger partial charge in [0.25, 0.3) is 0 Å². The molecular formula is C9H9F2NO3S. The first kappa shape index (κ1) is 12.9. The number of carbonyl (C=O) groups is 1. The molecule has 0 atom stereocenters. The van der Waals surface area contributed by atoms with Crippen LogP contribution in [0.3, 0.4) is 0 Å². The molecule has 88 valence electrons. The highest BCUT2D eigenvalue weighted by Crippen LogP contribution is 2.12. The van der Waals surface area contributed by atoms with Crippen LogP contribution < -0.4 is 4.72 Å². The van der Waals surface area contributed by atoms with Crippen LogP contribution in [-0.4, -0.2) is 19.1 Å². The van der Waals surface area contributed by atoms with Crippen molar-refractivity contribution >= 4 is 17.9 Å². The zero-order valence-electron chi connectivity index (χ0n) is 8.06. The minimum Gasteiger partial charge on any atom is -0.291 e. The fourth-order valence-electron chi connectivity index (χ4n) is 0.786. The summed E-state index contributed by atoms with van der Waals surface area (Å²) in [5, 5.41) is 0. The fraction of sp³-hybridized carbons (Fsp3) is 0.222. The van der Waals surface area contributed by atoms with Crippen molar-refractivity contribution in [2.75, 3.05) is 6.54 Å². The molecule has 0 radical (unpaired) electrons. The van der Waals surface area contributed by atoms with Crippen LogP contribution in [0.5, 0.6) is 0 Å². The Hall–Kier alpha value is -1.18. The molecule has 1 aromatic carbocycles. The van der Waals surface area contributed by atoms with Gasteiger partial charge < -0.3 is 0 Å². The smallest absolute Gasteiger partial charge is 0.291 e. The Labute approximate surface area is 95.0 Å². The van der Waals surface area contributed by atoms with Gasteiger partial charge in [0.15, 0.2) is 0 Å². The van der Waals surface area contributed by atoms with Gasteiger partial charge in [-0.3, -0.25) is 4.89 Å². The molecule has 0 saturated heterocycles. The van der Waals surface area contributed by atoms with Gasteiger partial charge in [0.1, 0.15) is 6.54 Å². The predicted molar refractivity (Wildman–Crippen MR) is 53.5 cm³/mol. The van der Waals surface area contributed by atoms with Crippen molar-refractivity contribution < 1.29 is 23.4 Å². The number of hydrogen-bond acceptors (Lipinski definition) is 5. The number of carbonyl (C=O) groups excluding carboxylic acids is 1. The summed E-state index contributed by atoms with van der Waals surface area (Å²) in [6.45, 7) is -3.35. The molecule has 16 heavy (non-hydrogen) atoms. The monoisotopic (exact) mass is 249 g/mol. The molecule has 0 aromatic heterocycles. The lowest BCUT2D eigenvalue weighted by Gasteiger charge is -2.03. The third-order valence-corrected chi connectivity index (χ3v) is 2.16. The number of nitrogens with one attached hydrogen (secondary N) is 1. The van der Waals surface area contributed by atoms with Gasteiger partial charge in [-0.2, -0.15) is 8.78 Å². The number of halogens is 2. The van der Waals surface area contributed by atoms with Crippen LogP contribution in [-0.2, 0) is 14.6 Å². The third-order valence-electron chi connectivity index (χ3n) is 1.36. The molecule has 0 aliphatic heterocycles. The van der Waals surface area contributed by atoms with E-state index in [0.29, 0.717) is 0 Å². The highest BCUT2D eigenvalue weighted by molar-refractivity contribution is 7.97. The molecule has 1 aromatic rings. The second-order valence-electron chi connectivity index (χ2n) is 2.55. The number of benzene rings is 1. The maximum atomic E-state index is 11.5. The van der Waals surface area contributed by atoms with Crippen LogP contribution >= 0.6 is 11.9 Å². The van der Waals surface area contributed by atoms with Crippen LogP contribution in [0.25, 0.3) is 0 Å². The fourth-order valence-corrected chi connectivity index (χ4v) is 1.44. The highest BCUT2D eigenvalue weighted by atomic mass is 32.2. The lowest BCUT2D eigenvalue weighted by atomic mass is 10.4. The van der Waals surface area contributed by atoms with Gasteiger partial charge in [0.2, 0.25) is 0 Å². The predicted octanol–water partition coefficient (Wildman–Crippen LogP) is 1.98. The summed E-state index contributed by atoms with van der Waals surface area (Å²) < 4.78 is 25.6. The first-order valence-corrected chi connectivity index (χ1v) is 5.09. The maximum absolute atomic E-state index is 11.5. The van der Waals surface area contributed by atoms with Crippen molar-refractivity contribution in [2.24, 2.45) is 0 Å². The quantitative estimate of drug-likeness (QED) is 0.474. The Balaban J connectivity index is 2.13. The van der Waals surface area contributed by atoms with Gasteiger partial charge in [-0.15, -0.1) is 4.89 Å². The van der Waals surface area contributed by atoms with Crippen LogP contribution in [0.15, 0.2) is 35.2 Å². The Morgan fingerprint density at radius 3 is 2.69 bits per heavy atom. The van der Waals surface area contributed by atoms with E-state index in [1.165, 1.54) is 11.9 Å². The number of rotatable bonds is 6. The molecule has 1 rings (SSSR count). The summed E-state index contributed by atoms with van der Waals surface area (Å²) in [6.07, 6.45) is 0. The largest absolute Gasteiger partial charge is 0.381 e. The van der Waals surface area contributed by atoms with E-state index in [9.17, 15) is 13.6 Å². The van der Waals surface area contributed by atoms with Crippen molar-refractivity contribution in [3.05, 3.63) is 30.3 Å². The first-order valence-electron chi connectivity index (χ1n) is 4.27. The average Bonchev–Trinajstić information content (AvgIpc) is 2.28. The molecule has 0 amide bonds. The summed E-state index contributed by atoms with van der Waals surface area (Å²) in [7, 11) is 0. The normalized spacial score (nSPS) is 10.4. The van der Waals surface area contributed by atoms with Crippen molar-refractivity contribution in [1.29, 1.82) is 0 Å². The van der Waals surface area contributed by atoms with Crippen molar-refractivity contribution in [2.45, 2.75) is 11.5 Å². The lowest BCUT2D eigenvalue weighted by molar-refractivity contribution is -0.356. The molecule has 4 nitrogen and oxygen atoms in total. The maximum Gasteiger partial charge on any atom is 0.381 e. The second kappa shape index (κ2) is 7.15. The molecule has 0 aliphatic carbocycles. The SMILES string of the molecule is O=C(CNSc1ccccc1)OOC(F)F. The van der Waals surface area contributed by atoms with E-state index in [-0.39, 0.29) is 6.54 Å². The molecule has 0 fully saturated rings. The number of hydrogen-bond donors (Lipinski definition) is 1. The summed E-state index contributed by atoms with van der Waals surface area (Å²) in [4.78, 5) is 18.8. The zero-order chi connectivity index (χ0) is 11.8. The first-order chi connectivity index (χ1) is 7.68. The molecule has 7 heteroatoms. The van der Waals surface area contributed by atoms with E-state index in [0.717, 1.165) is 4.90 Å². The minimum absolute atomic E-state index is 0.230. The van der Waals surface area contributed by atoms with E-state index in [1.54, 1.807) is 0 Å². The molecule has 1 N–H and O–H groups in total. The van der Waals surface area contributed by atoms with Gasteiger partial charge in [0, 0.05) is 4.90 Å². The number of alkyl halides is 2. The van der Waals surface area contributed by atoms with Gasteiger partial charge in [0.05, 0.1) is 0 Å². The van der Waals surface area contributed by atoms with E-state index in [2.05, 4.69) is 14.5 Å². The summed E-state index contributed by atoms with van der Waals surface area (Å²) in [5.74, 6) is -0.913. The highest BCUT2D eigenvalue weighted by Gasteiger charge is 2.09. The van der Waals surface area contributed by atoms with E-state index < -0.39 is 12.6 Å². The Morgan fingerprint density at radius 2 is 2.06 bits per heavy atom. The molecule has 0 unspecified atom stereocenters. The summed E-state index contributed by atoms with van der Waals surface area (Å²) >= 11 is 1.19. The standard InChI is InChI=1S/C9H9F2NO3S/c10-9(11)15-14-8(13)6-12-16-7-4-2-1-3-5-7/h1-5,9,12H,6H2. The van der Waals surface area contributed by atoms with Crippen molar-refractivity contribution in [3.63, 3.8) is 0 Å². The van der Waals surface area contributed by atoms with Gasteiger partial charge >= 0.3 is 12.6 Å². The molecule has 0 saturated carbocycles. The third kappa shape index (κ3) is 5.64. The molecular weight excluding hydrogens is 240 g/mol. The molecule has 0 bridgehead atoms. The van der Waals surface area contributed by atoms with Crippen LogP contribution in [0.2, 0.25) is 0 Å². The minimum atomic E-state index is -3.12. The van der Waals surface area contributed by atoms with Gasteiger partial charge in [-0.05, 0) is 24.1 Å². The Kier molecular flexibility index (Phi) is 5.76. The molecule has 0 spiro atoms. The summed E-state index contributed by atoms with van der Waals surface area (Å²) in [5.41, 5.74) is 0. The van der Waals surface area contributed by atoms with E-state index >= 15 is 0 Å². The molecule has 0 aliphatic rings. The topological polar surface area (TPSA) is 47.6 Å². The lowest BCUT2D eigenvalue weighted by Crippen LogP contribution is -2.20. The molecule has 0 heterocycles. The van der Waals surface area contributed by atoms with Crippen LogP contribution in [0.1, 0.15) is 0 Å². The van der Waals surface area contributed by atoms with Gasteiger partial charge in [-0.25, -0.2) is 9.52 Å².